The maximum Gasteiger partial charge on any atom is 0.229 e. The molecule has 1 aromatic heterocycles. The Morgan fingerprint density at radius 1 is 1.21 bits per heavy atom. The van der Waals surface area contributed by atoms with Crippen LogP contribution in [-0.4, -0.2) is 15.9 Å². The second-order valence-electron chi connectivity index (χ2n) is 4.04. The molecule has 1 N–H and O–H groups in total. The van der Waals surface area contributed by atoms with Gasteiger partial charge < -0.3 is 5.32 Å². The van der Waals surface area contributed by atoms with Crippen molar-refractivity contribution in [3.05, 3.63) is 51.9 Å². The Balaban J connectivity index is 2.05. The van der Waals surface area contributed by atoms with Gasteiger partial charge in [0.05, 0.1) is 6.42 Å². The molecule has 19 heavy (non-hydrogen) atoms. The van der Waals surface area contributed by atoms with Crippen molar-refractivity contribution in [1.29, 1.82) is 0 Å². The lowest BCUT2D eigenvalue weighted by molar-refractivity contribution is -0.115. The van der Waals surface area contributed by atoms with Gasteiger partial charge in [-0.1, -0.05) is 53.0 Å². The van der Waals surface area contributed by atoms with Gasteiger partial charge in [0, 0.05) is 0 Å². The number of carbonyl (C=O) groups excluding carboxylic acids is 1. The number of aromatic nitrogens is 2. The summed E-state index contributed by atoms with van der Waals surface area (Å²) in [6.45, 7) is 1.99. The van der Waals surface area contributed by atoms with E-state index in [0.29, 0.717) is 0 Å². The van der Waals surface area contributed by atoms with Crippen molar-refractivity contribution in [2.45, 2.75) is 13.3 Å². The van der Waals surface area contributed by atoms with E-state index in [1.807, 2.05) is 31.2 Å². The zero-order valence-electron chi connectivity index (χ0n) is 10.2. The third-order valence-electron chi connectivity index (χ3n) is 2.49. The topological polar surface area (TPSA) is 54.9 Å². The molecule has 2 rings (SSSR count). The summed E-state index contributed by atoms with van der Waals surface area (Å²) in [5.74, 6) is 0.0132. The van der Waals surface area contributed by atoms with Crippen molar-refractivity contribution in [2.75, 3.05) is 5.32 Å². The highest BCUT2D eigenvalue weighted by Crippen LogP contribution is 2.25. The Labute approximate surface area is 120 Å². The fourth-order valence-electron chi connectivity index (χ4n) is 1.50. The summed E-state index contributed by atoms with van der Waals surface area (Å²) in [6, 6.07) is 7.72. The Kier molecular flexibility index (Phi) is 4.35. The van der Waals surface area contributed by atoms with Crippen LogP contribution in [0.3, 0.4) is 0 Å². The van der Waals surface area contributed by atoms with Crippen LogP contribution in [0.15, 0.2) is 30.6 Å². The Morgan fingerprint density at radius 3 is 2.58 bits per heavy atom. The molecule has 6 heteroatoms. The number of nitrogens with one attached hydrogen (secondary N) is 1. The highest BCUT2D eigenvalue weighted by Gasteiger charge is 2.11. The van der Waals surface area contributed by atoms with Gasteiger partial charge in [-0.2, -0.15) is 0 Å². The number of nitrogens with zero attached hydrogens (tertiary/aromatic N) is 2. The van der Waals surface area contributed by atoms with Gasteiger partial charge in [-0.15, -0.1) is 0 Å². The van der Waals surface area contributed by atoms with E-state index in [-0.39, 0.29) is 28.3 Å². The molecule has 1 aromatic carbocycles. The molecule has 1 amide bonds. The van der Waals surface area contributed by atoms with Crippen LogP contribution in [0.5, 0.6) is 0 Å². The zero-order valence-corrected chi connectivity index (χ0v) is 11.7. The maximum atomic E-state index is 11.9. The minimum Gasteiger partial charge on any atom is -0.309 e. The molecular formula is C13H11Cl2N3O. The normalized spacial score (nSPS) is 10.3. The van der Waals surface area contributed by atoms with Gasteiger partial charge in [0.1, 0.15) is 11.3 Å². The first-order chi connectivity index (χ1) is 9.06. The minimum atomic E-state index is -0.208. The molecule has 0 fully saturated rings. The zero-order chi connectivity index (χ0) is 13.8. The van der Waals surface area contributed by atoms with E-state index in [2.05, 4.69) is 15.3 Å². The number of amides is 1. The average Bonchev–Trinajstić information content (AvgIpc) is 2.38. The lowest BCUT2D eigenvalue weighted by atomic mass is 10.1. The van der Waals surface area contributed by atoms with Gasteiger partial charge in [-0.25, -0.2) is 9.97 Å². The Bertz CT molecular complexity index is 599. The second kappa shape index (κ2) is 5.99. The molecule has 0 atom stereocenters. The van der Waals surface area contributed by atoms with Crippen LogP contribution < -0.4 is 5.32 Å². The molecule has 0 spiro atoms. The second-order valence-corrected chi connectivity index (χ2v) is 4.77. The van der Waals surface area contributed by atoms with Crippen LogP contribution in [-0.2, 0) is 11.2 Å². The van der Waals surface area contributed by atoms with E-state index >= 15 is 0 Å². The first-order valence-corrected chi connectivity index (χ1v) is 6.33. The first-order valence-electron chi connectivity index (χ1n) is 5.57. The van der Waals surface area contributed by atoms with Crippen LogP contribution in [0.2, 0.25) is 10.2 Å². The molecule has 0 saturated heterocycles. The minimum absolute atomic E-state index is 0.113. The molecule has 1 heterocycles. The largest absolute Gasteiger partial charge is 0.309 e. The summed E-state index contributed by atoms with van der Waals surface area (Å²) in [5, 5.41) is 2.86. The van der Waals surface area contributed by atoms with E-state index in [0.717, 1.165) is 11.1 Å². The molecule has 0 radical (unpaired) electrons. The molecule has 0 unspecified atom stereocenters. The van der Waals surface area contributed by atoms with Crippen molar-refractivity contribution in [1.82, 2.24) is 9.97 Å². The number of hydrogen-bond acceptors (Lipinski definition) is 3. The number of halogens is 2. The van der Waals surface area contributed by atoms with E-state index < -0.39 is 0 Å². The number of carbonyl (C=O) groups is 1. The van der Waals surface area contributed by atoms with Crippen molar-refractivity contribution in [2.24, 2.45) is 0 Å². The monoisotopic (exact) mass is 295 g/mol. The molecule has 0 saturated carbocycles. The van der Waals surface area contributed by atoms with E-state index in [1.54, 1.807) is 0 Å². The number of rotatable bonds is 3. The SMILES string of the molecule is Cc1ccc(CC(=O)Nc2ncnc(Cl)c2Cl)cc1. The molecule has 2 aromatic rings. The van der Waals surface area contributed by atoms with Crippen LogP contribution in [0, 0.1) is 6.92 Å². The van der Waals surface area contributed by atoms with Crippen molar-refractivity contribution in [3.63, 3.8) is 0 Å². The molecule has 0 aliphatic carbocycles. The van der Waals surface area contributed by atoms with Gasteiger partial charge in [0.15, 0.2) is 11.0 Å². The predicted molar refractivity (Wildman–Crippen MR) is 75.6 cm³/mol. The third kappa shape index (κ3) is 3.66. The van der Waals surface area contributed by atoms with Gasteiger partial charge in [-0.3, -0.25) is 4.79 Å². The lowest BCUT2D eigenvalue weighted by Gasteiger charge is -2.06. The summed E-state index contributed by atoms with van der Waals surface area (Å²) in [6.07, 6.45) is 1.49. The van der Waals surface area contributed by atoms with E-state index in [4.69, 9.17) is 23.2 Å². The number of hydrogen-bond donors (Lipinski definition) is 1. The molecule has 0 bridgehead atoms. The van der Waals surface area contributed by atoms with Gasteiger partial charge in [-0.05, 0) is 12.5 Å². The molecular weight excluding hydrogens is 285 g/mol. The summed E-state index contributed by atoms with van der Waals surface area (Å²) >= 11 is 11.6. The highest BCUT2D eigenvalue weighted by molar-refractivity contribution is 6.42. The standard InChI is InChI=1S/C13H11Cl2N3O/c1-8-2-4-9(5-3-8)6-10(19)18-13-11(14)12(15)16-7-17-13/h2-5,7H,6H2,1H3,(H,16,17,18,19). The van der Waals surface area contributed by atoms with Crippen LogP contribution >= 0.6 is 23.2 Å². The maximum absolute atomic E-state index is 11.9. The van der Waals surface area contributed by atoms with Crippen molar-refractivity contribution < 1.29 is 4.79 Å². The molecule has 0 aliphatic heterocycles. The molecule has 4 nitrogen and oxygen atoms in total. The quantitative estimate of drug-likeness (QED) is 0.884. The third-order valence-corrected chi connectivity index (χ3v) is 3.23. The van der Waals surface area contributed by atoms with Crippen molar-refractivity contribution >= 4 is 34.9 Å². The van der Waals surface area contributed by atoms with Gasteiger partial charge in [0.25, 0.3) is 0 Å². The van der Waals surface area contributed by atoms with Crippen LogP contribution in [0.1, 0.15) is 11.1 Å². The summed E-state index contributed by atoms with van der Waals surface area (Å²) in [5.41, 5.74) is 2.06. The lowest BCUT2D eigenvalue weighted by Crippen LogP contribution is -2.15. The van der Waals surface area contributed by atoms with Crippen LogP contribution in [0.4, 0.5) is 5.82 Å². The number of anilines is 1. The van der Waals surface area contributed by atoms with E-state index in [1.165, 1.54) is 6.33 Å². The smallest absolute Gasteiger partial charge is 0.229 e. The molecule has 0 aliphatic rings. The first kappa shape index (κ1) is 13.8. The summed E-state index contributed by atoms with van der Waals surface area (Å²) in [7, 11) is 0. The fourth-order valence-corrected chi connectivity index (χ4v) is 1.78. The summed E-state index contributed by atoms with van der Waals surface area (Å²) in [4.78, 5) is 19.4. The number of benzene rings is 1. The van der Waals surface area contributed by atoms with Crippen LogP contribution in [0.25, 0.3) is 0 Å². The average molecular weight is 296 g/mol. The fraction of sp³-hybridized carbons (Fsp3) is 0.154. The van der Waals surface area contributed by atoms with Crippen molar-refractivity contribution in [3.8, 4) is 0 Å². The number of aryl methyl sites for hydroxylation is 1. The predicted octanol–water partition coefficient (Wildman–Crippen LogP) is 3.27. The van der Waals surface area contributed by atoms with E-state index in [9.17, 15) is 4.79 Å². The Morgan fingerprint density at radius 2 is 1.89 bits per heavy atom. The van der Waals surface area contributed by atoms with Gasteiger partial charge in [0.2, 0.25) is 5.91 Å². The Hall–Kier alpha value is -1.65. The molecule has 98 valence electrons. The highest BCUT2D eigenvalue weighted by atomic mass is 35.5. The summed E-state index contributed by atoms with van der Waals surface area (Å²) < 4.78 is 0. The van der Waals surface area contributed by atoms with Gasteiger partial charge >= 0.3 is 0 Å².